The highest BCUT2D eigenvalue weighted by Gasteiger charge is 2.12. The van der Waals surface area contributed by atoms with E-state index in [2.05, 4.69) is 4.98 Å². The first-order valence-corrected chi connectivity index (χ1v) is 4.26. The second-order valence-electron chi connectivity index (χ2n) is 2.97. The van der Waals surface area contributed by atoms with Crippen molar-refractivity contribution in [2.24, 2.45) is 0 Å². The standard InChI is InChI=1S/C10H7N3O2/c11-6-9-7-2-1-3-10(13(14)15)8(7)4-5-12-9/h1-6,11H. The van der Waals surface area contributed by atoms with Gasteiger partial charge in [-0.1, -0.05) is 12.1 Å². The summed E-state index contributed by atoms with van der Waals surface area (Å²) in [4.78, 5) is 14.3. The van der Waals surface area contributed by atoms with E-state index in [0.717, 1.165) is 6.21 Å². The zero-order valence-electron chi connectivity index (χ0n) is 7.68. The molecule has 5 heteroatoms. The molecular formula is C10H7N3O2. The van der Waals surface area contributed by atoms with E-state index in [1.807, 2.05) is 0 Å². The average Bonchev–Trinajstić information content (AvgIpc) is 2.27. The van der Waals surface area contributed by atoms with Crippen LogP contribution in [0.5, 0.6) is 0 Å². The number of nitro benzene ring substituents is 1. The number of nitro groups is 1. The Bertz CT molecular complexity index is 551. The van der Waals surface area contributed by atoms with Crippen molar-refractivity contribution < 1.29 is 4.92 Å². The van der Waals surface area contributed by atoms with Crippen molar-refractivity contribution in [3.63, 3.8) is 0 Å². The molecule has 0 bridgehead atoms. The summed E-state index contributed by atoms with van der Waals surface area (Å²) in [6.45, 7) is 0. The predicted molar refractivity (Wildman–Crippen MR) is 56.3 cm³/mol. The fourth-order valence-electron chi connectivity index (χ4n) is 1.49. The van der Waals surface area contributed by atoms with Crippen molar-refractivity contribution in [2.75, 3.05) is 0 Å². The van der Waals surface area contributed by atoms with Gasteiger partial charge in [0.05, 0.1) is 16.0 Å². The van der Waals surface area contributed by atoms with Crippen molar-refractivity contribution in [3.05, 3.63) is 46.3 Å². The van der Waals surface area contributed by atoms with Gasteiger partial charge in [0, 0.05) is 23.9 Å². The van der Waals surface area contributed by atoms with Crippen LogP contribution in [0, 0.1) is 15.5 Å². The number of nitrogens with one attached hydrogen (secondary N) is 1. The molecule has 0 aliphatic heterocycles. The quantitative estimate of drug-likeness (QED) is 0.459. The molecule has 2 aromatic rings. The minimum absolute atomic E-state index is 0.0398. The molecule has 0 saturated carbocycles. The molecule has 1 heterocycles. The highest BCUT2D eigenvalue weighted by molar-refractivity contribution is 6.00. The molecule has 1 N–H and O–H groups in total. The molecule has 0 aliphatic carbocycles. The molecule has 1 aromatic carbocycles. The van der Waals surface area contributed by atoms with Gasteiger partial charge in [0.25, 0.3) is 5.69 Å². The first-order chi connectivity index (χ1) is 7.24. The second-order valence-corrected chi connectivity index (χ2v) is 2.97. The molecule has 0 fully saturated rings. The summed E-state index contributed by atoms with van der Waals surface area (Å²) in [6.07, 6.45) is 2.56. The van der Waals surface area contributed by atoms with E-state index >= 15 is 0 Å². The molecule has 0 spiro atoms. The Labute approximate surface area is 85.0 Å². The lowest BCUT2D eigenvalue weighted by Gasteiger charge is -2.00. The van der Waals surface area contributed by atoms with Crippen LogP contribution in [-0.2, 0) is 0 Å². The fourth-order valence-corrected chi connectivity index (χ4v) is 1.49. The van der Waals surface area contributed by atoms with Crippen LogP contribution in [0.3, 0.4) is 0 Å². The third kappa shape index (κ3) is 1.43. The summed E-state index contributed by atoms with van der Waals surface area (Å²) in [7, 11) is 0. The molecular weight excluding hydrogens is 194 g/mol. The van der Waals surface area contributed by atoms with Gasteiger partial charge in [-0.15, -0.1) is 0 Å². The molecule has 0 unspecified atom stereocenters. The fraction of sp³-hybridized carbons (Fsp3) is 0. The topological polar surface area (TPSA) is 79.9 Å². The van der Waals surface area contributed by atoms with Crippen LogP contribution in [0.25, 0.3) is 10.8 Å². The van der Waals surface area contributed by atoms with Crippen LogP contribution in [0.2, 0.25) is 0 Å². The number of fused-ring (bicyclic) bond motifs is 1. The van der Waals surface area contributed by atoms with E-state index in [1.54, 1.807) is 18.2 Å². The van der Waals surface area contributed by atoms with Crippen molar-refractivity contribution in [2.45, 2.75) is 0 Å². The van der Waals surface area contributed by atoms with Crippen LogP contribution in [0.1, 0.15) is 5.69 Å². The van der Waals surface area contributed by atoms with Crippen LogP contribution in [0.15, 0.2) is 30.5 Å². The number of hydrogen-bond donors (Lipinski definition) is 1. The lowest BCUT2D eigenvalue weighted by molar-refractivity contribution is -0.383. The van der Waals surface area contributed by atoms with Gasteiger partial charge in [-0.3, -0.25) is 15.1 Å². The minimum atomic E-state index is -0.434. The van der Waals surface area contributed by atoms with E-state index in [-0.39, 0.29) is 5.69 Å². The van der Waals surface area contributed by atoms with E-state index in [0.29, 0.717) is 16.5 Å². The van der Waals surface area contributed by atoms with Gasteiger partial charge in [0.2, 0.25) is 0 Å². The Kier molecular flexibility index (Phi) is 2.13. The number of aromatic nitrogens is 1. The third-order valence-corrected chi connectivity index (χ3v) is 2.15. The first-order valence-electron chi connectivity index (χ1n) is 4.26. The highest BCUT2D eigenvalue weighted by atomic mass is 16.6. The van der Waals surface area contributed by atoms with Gasteiger partial charge in [-0.25, -0.2) is 0 Å². The molecule has 0 amide bonds. The van der Waals surface area contributed by atoms with Gasteiger partial charge < -0.3 is 5.41 Å². The Morgan fingerprint density at radius 1 is 1.33 bits per heavy atom. The maximum atomic E-state index is 10.7. The smallest absolute Gasteiger partial charge is 0.277 e. The SMILES string of the molecule is N=Cc1nccc2c([N+](=O)[O-])cccc12. The summed E-state index contributed by atoms with van der Waals surface area (Å²) in [5.74, 6) is 0. The van der Waals surface area contributed by atoms with Crippen LogP contribution in [0.4, 0.5) is 5.69 Å². The molecule has 2 rings (SSSR count). The predicted octanol–water partition coefficient (Wildman–Crippen LogP) is 2.14. The number of nitrogens with zero attached hydrogens (tertiary/aromatic N) is 2. The van der Waals surface area contributed by atoms with Crippen molar-refractivity contribution in [3.8, 4) is 0 Å². The van der Waals surface area contributed by atoms with E-state index < -0.39 is 4.92 Å². The lowest BCUT2D eigenvalue weighted by Crippen LogP contribution is -1.93. The third-order valence-electron chi connectivity index (χ3n) is 2.15. The van der Waals surface area contributed by atoms with Gasteiger partial charge in [0.1, 0.15) is 0 Å². The number of non-ortho nitro benzene ring substituents is 1. The molecule has 0 saturated heterocycles. The summed E-state index contributed by atoms with van der Waals surface area (Å²) >= 11 is 0. The summed E-state index contributed by atoms with van der Waals surface area (Å²) < 4.78 is 0. The first kappa shape index (κ1) is 9.26. The average molecular weight is 201 g/mol. The van der Waals surface area contributed by atoms with Crippen molar-refractivity contribution >= 4 is 22.7 Å². The van der Waals surface area contributed by atoms with Crippen molar-refractivity contribution in [1.29, 1.82) is 5.41 Å². The molecule has 15 heavy (non-hydrogen) atoms. The molecule has 0 radical (unpaired) electrons. The van der Waals surface area contributed by atoms with Gasteiger partial charge in [0.15, 0.2) is 0 Å². The van der Waals surface area contributed by atoms with Crippen LogP contribution >= 0.6 is 0 Å². The summed E-state index contributed by atoms with van der Waals surface area (Å²) in [5.41, 5.74) is 0.481. The van der Waals surface area contributed by atoms with Crippen molar-refractivity contribution in [1.82, 2.24) is 4.98 Å². The number of rotatable bonds is 2. The molecule has 0 atom stereocenters. The number of pyridine rings is 1. The summed E-state index contributed by atoms with van der Waals surface area (Å²) in [5, 5.41) is 19.0. The highest BCUT2D eigenvalue weighted by Crippen LogP contribution is 2.25. The van der Waals surface area contributed by atoms with Gasteiger partial charge >= 0.3 is 0 Å². The maximum absolute atomic E-state index is 10.7. The van der Waals surface area contributed by atoms with Crippen LogP contribution in [-0.4, -0.2) is 16.1 Å². The Morgan fingerprint density at radius 3 is 2.80 bits per heavy atom. The lowest BCUT2D eigenvalue weighted by atomic mass is 10.1. The Hall–Kier alpha value is -2.30. The van der Waals surface area contributed by atoms with E-state index in [4.69, 9.17) is 5.41 Å². The van der Waals surface area contributed by atoms with Gasteiger partial charge in [-0.2, -0.15) is 0 Å². The zero-order chi connectivity index (χ0) is 10.8. The number of benzene rings is 1. The Balaban J connectivity index is 2.88. The van der Waals surface area contributed by atoms with Gasteiger partial charge in [-0.05, 0) is 6.07 Å². The van der Waals surface area contributed by atoms with Crippen LogP contribution < -0.4 is 0 Å². The molecule has 5 nitrogen and oxygen atoms in total. The Morgan fingerprint density at radius 2 is 2.13 bits per heavy atom. The molecule has 74 valence electrons. The molecule has 1 aromatic heterocycles. The normalized spacial score (nSPS) is 10.1. The zero-order valence-corrected chi connectivity index (χ0v) is 7.68. The molecule has 0 aliphatic rings. The summed E-state index contributed by atoms with van der Waals surface area (Å²) in [6, 6.07) is 6.33. The van der Waals surface area contributed by atoms with E-state index in [1.165, 1.54) is 12.3 Å². The number of hydrogen-bond acceptors (Lipinski definition) is 4. The minimum Gasteiger partial charge on any atom is -0.306 e. The monoisotopic (exact) mass is 201 g/mol. The largest absolute Gasteiger partial charge is 0.306 e. The second kappa shape index (κ2) is 3.45. The van der Waals surface area contributed by atoms with E-state index in [9.17, 15) is 10.1 Å². The maximum Gasteiger partial charge on any atom is 0.277 e.